The quantitative estimate of drug-likeness (QED) is 0.615. The zero-order valence-electron chi connectivity index (χ0n) is 10.7. The van der Waals surface area contributed by atoms with E-state index in [1.54, 1.807) is 0 Å². The summed E-state index contributed by atoms with van der Waals surface area (Å²) in [7, 11) is 0. The Kier molecular flexibility index (Phi) is 4.61. The van der Waals surface area contributed by atoms with Crippen molar-refractivity contribution in [2.45, 2.75) is 25.9 Å². The number of carboxylic acids is 1. The summed E-state index contributed by atoms with van der Waals surface area (Å²) >= 11 is 0. The van der Waals surface area contributed by atoms with Crippen molar-refractivity contribution in [2.24, 2.45) is 5.41 Å². The number of esters is 1. The van der Waals surface area contributed by atoms with E-state index < -0.39 is 36.0 Å². The molecule has 0 aromatic carbocycles. The van der Waals surface area contributed by atoms with Gasteiger partial charge in [-0.05, 0) is 19.8 Å². The first-order chi connectivity index (χ1) is 9.15. The number of hydrogen-bond acceptors (Lipinski definition) is 4. The second-order valence-electron chi connectivity index (χ2n) is 4.44. The maximum atomic E-state index is 12.4. The molecule has 0 spiro atoms. The maximum absolute atomic E-state index is 12.4. The Morgan fingerprint density at radius 1 is 1.35 bits per heavy atom. The van der Waals surface area contributed by atoms with Gasteiger partial charge in [-0.1, -0.05) is 0 Å². The predicted molar refractivity (Wildman–Crippen MR) is 58.6 cm³/mol. The minimum Gasteiger partial charge on any atom is -0.480 e. The molecule has 0 radical (unpaired) electrons. The summed E-state index contributed by atoms with van der Waals surface area (Å²) in [6.07, 6.45) is -5.29. The van der Waals surface area contributed by atoms with E-state index in [2.05, 4.69) is 4.74 Å². The third-order valence-corrected chi connectivity index (χ3v) is 3.10. The van der Waals surface area contributed by atoms with Gasteiger partial charge in [-0.3, -0.25) is 14.4 Å². The number of carbonyl (C=O) groups excluding carboxylic acids is 2. The second-order valence-corrected chi connectivity index (χ2v) is 4.44. The minimum absolute atomic E-state index is 0.0209. The highest BCUT2D eigenvalue weighted by Crippen LogP contribution is 2.34. The monoisotopic (exact) mass is 297 g/mol. The van der Waals surface area contributed by atoms with Gasteiger partial charge in [0.2, 0.25) is 0 Å². The predicted octanol–water partition coefficient (Wildman–Crippen LogP) is 0.805. The van der Waals surface area contributed by atoms with E-state index in [4.69, 9.17) is 5.11 Å². The summed E-state index contributed by atoms with van der Waals surface area (Å²) in [5, 5.41) is 9.17. The van der Waals surface area contributed by atoms with Gasteiger partial charge in [0, 0.05) is 13.1 Å². The molecule has 6 nitrogen and oxygen atoms in total. The van der Waals surface area contributed by atoms with Crippen LogP contribution in [0.2, 0.25) is 0 Å². The SMILES string of the molecule is CCOC(=O)C1(C(=O)O)CCCN(C(=O)C(F)(F)F)C1. The van der Waals surface area contributed by atoms with Crippen molar-refractivity contribution in [1.82, 2.24) is 4.90 Å². The summed E-state index contributed by atoms with van der Waals surface area (Å²) in [6.45, 7) is 0.280. The first-order valence-electron chi connectivity index (χ1n) is 5.92. The number of ether oxygens (including phenoxy) is 1. The molecule has 1 unspecified atom stereocenters. The fourth-order valence-electron chi connectivity index (χ4n) is 2.11. The van der Waals surface area contributed by atoms with Gasteiger partial charge in [-0.25, -0.2) is 0 Å². The average molecular weight is 297 g/mol. The van der Waals surface area contributed by atoms with Gasteiger partial charge >= 0.3 is 24.0 Å². The van der Waals surface area contributed by atoms with Crippen LogP contribution in [-0.2, 0) is 19.1 Å². The summed E-state index contributed by atoms with van der Waals surface area (Å²) in [5.74, 6) is -4.85. The molecule has 1 N–H and O–H groups in total. The smallest absolute Gasteiger partial charge is 0.471 e. The van der Waals surface area contributed by atoms with Crippen LogP contribution in [0, 0.1) is 5.41 Å². The molecule has 1 amide bonds. The van der Waals surface area contributed by atoms with Crippen LogP contribution in [0.1, 0.15) is 19.8 Å². The average Bonchev–Trinajstić information content (AvgIpc) is 2.36. The van der Waals surface area contributed by atoms with E-state index in [1.807, 2.05) is 0 Å². The molecule has 0 aliphatic carbocycles. The third kappa shape index (κ3) is 3.02. The van der Waals surface area contributed by atoms with Gasteiger partial charge in [-0.2, -0.15) is 13.2 Å². The molecule has 0 saturated carbocycles. The van der Waals surface area contributed by atoms with Crippen LogP contribution in [0.4, 0.5) is 13.2 Å². The van der Waals surface area contributed by atoms with Crippen LogP contribution in [-0.4, -0.2) is 53.7 Å². The number of hydrogen-bond donors (Lipinski definition) is 1. The second kappa shape index (κ2) is 5.68. The van der Waals surface area contributed by atoms with E-state index in [9.17, 15) is 27.6 Å². The summed E-state index contributed by atoms with van der Waals surface area (Å²) in [6, 6.07) is 0. The zero-order chi connectivity index (χ0) is 15.6. The molecular weight excluding hydrogens is 283 g/mol. The van der Waals surface area contributed by atoms with E-state index in [-0.39, 0.29) is 26.0 Å². The highest BCUT2D eigenvalue weighted by molar-refractivity contribution is 6.00. The van der Waals surface area contributed by atoms with Crippen molar-refractivity contribution in [1.29, 1.82) is 0 Å². The number of likely N-dealkylation sites (tertiary alicyclic amines) is 1. The Hall–Kier alpha value is -1.80. The number of nitrogens with zero attached hydrogens (tertiary/aromatic N) is 1. The van der Waals surface area contributed by atoms with Crippen LogP contribution in [0.25, 0.3) is 0 Å². The Labute approximate surface area is 112 Å². The number of halogens is 3. The van der Waals surface area contributed by atoms with Gasteiger partial charge in [0.25, 0.3) is 0 Å². The molecule has 1 heterocycles. The van der Waals surface area contributed by atoms with E-state index >= 15 is 0 Å². The first-order valence-corrected chi connectivity index (χ1v) is 5.92. The molecule has 1 aliphatic heterocycles. The van der Waals surface area contributed by atoms with Gasteiger partial charge < -0.3 is 14.7 Å². The maximum Gasteiger partial charge on any atom is 0.471 e. The number of amides is 1. The van der Waals surface area contributed by atoms with Crippen LogP contribution >= 0.6 is 0 Å². The third-order valence-electron chi connectivity index (χ3n) is 3.10. The standard InChI is InChI=1S/C11H14F3NO5/c1-2-20-9(19)10(8(17)18)4-3-5-15(6-10)7(16)11(12,13)14/h2-6H2,1H3,(H,17,18). The fraction of sp³-hybridized carbons (Fsp3) is 0.727. The van der Waals surface area contributed by atoms with E-state index in [0.717, 1.165) is 0 Å². The fourth-order valence-corrected chi connectivity index (χ4v) is 2.11. The molecule has 1 rings (SSSR count). The molecule has 1 atom stereocenters. The van der Waals surface area contributed by atoms with Crippen molar-refractivity contribution in [3.8, 4) is 0 Å². The summed E-state index contributed by atoms with van der Waals surface area (Å²) in [5.41, 5.74) is -2.13. The number of carbonyl (C=O) groups is 3. The van der Waals surface area contributed by atoms with Crippen LogP contribution in [0.15, 0.2) is 0 Å². The van der Waals surface area contributed by atoms with Gasteiger partial charge in [-0.15, -0.1) is 0 Å². The molecule has 0 bridgehead atoms. The molecule has 1 aliphatic rings. The van der Waals surface area contributed by atoms with Crippen molar-refractivity contribution >= 4 is 17.8 Å². The zero-order valence-corrected chi connectivity index (χ0v) is 10.7. The molecule has 0 aromatic rings. The van der Waals surface area contributed by atoms with Gasteiger partial charge in [0.05, 0.1) is 6.61 Å². The molecular formula is C11H14F3NO5. The lowest BCUT2D eigenvalue weighted by molar-refractivity contribution is -0.192. The van der Waals surface area contributed by atoms with Gasteiger partial charge in [0.15, 0.2) is 5.41 Å². The van der Waals surface area contributed by atoms with Crippen molar-refractivity contribution in [2.75, 3.05) is 19.7 Å². The van der Waals surface area contributed by atoms with Gasteiger partial charge in [0.1, 0.15) is 0 Å². The normalized spacial score (nSPS) is 23.3. The Morgan fingerprint density at radius 3 is 2.40 bits per heavy atom. The molecule has 0 aromatic heterocycles. The Bertz CT molecular complexity index is 423. The number of carboxylic acid groups (broad SMARTS) is 1. The Balaban J connectivity index is 3.01. The lowest BCUT2D eigenvalue weighted by atomic mass is 9.79. The van der Waals surface area contributed by atoms with Crippen molar-refractivity contribution in [3.05, 3.63) is 0 Å². The van der Waals surface area contributed by atoms with Crippen molar-refractivity contribution in [3.63, 3.8) is 0 Å². The van der Waals surface area contributed by atoms with Crippen LogP contribution < -0.4 is 0 Å². The summed E-state index contributed by atoms with van der Waals surface area (Å²) < 4.78 is 41.8. The van der Waals surface area contributed by atoms with Crippen molar-refractivity contribution < 1.29 is 37.4 Å². The minimum atomic E-state index is -5.10. The number of alkyl halides is 3. The van der Waals surface area contributed by atoms with Crippen LogP contribution in [0.5, 0.6) is 0 Å². The lowest BCUT2D eigenvalue weighted by Crippen LogP contribution is -2.56. The molecule has 1 fully saturated rings. The number of rotatable bonds is 3. The molecule has 9 heteroatoms. The highest BCUT2D eigenvalue weighted by atomic mass is 19.4. The largest absolute Gasteiger partial charge is 0.480 e. The lowest BCUT2D eigenvalue weighted by Gasteiger charge is -2.38. The van der Waals surface area contributed by atoms with E-state index in [0.29, 0.717) is 4.90 Å². The van der Waals surface area contributed by atoms with Crippen LogP contribution in [0.3, 0.4) is 0 Å². The summed E-state index contributed by atoms with van der Waals surface area (Å²) in [4.78, 5) is 34.6. The Morgan fingerprint density at radius 2 is 1.95 bits per heavy atom. The molecule has 1 saturated heterocycles. The number of piperidine rings is 1. The van der Waals surface area contributed by atoms with E-state index in [1.165, 1.54) is 6.92 Å². The molecule has 20 heavy (non-hydrogen) atoms. The topological polar surface area (TPSA) is 83.9 Å². The first kappa shape index (κ1) is 16.3. The number of aliphatic carboxylic acids is 1. The molecule has 114 valence electrons. The highest BCUT2D eigenvalue weighted by Gasteiger charge is 2.54.